The summed E-state index contributed by atoms with van der Waals surface area (Å²) in [5.41, 5.74) is 6.43. The molecule has 0 fully saturated rings. The van der Waals surface area contributed by atoms with Gasteiger partial charge in [-0.3, -0.25) is 5.84 Å². The summed E-state index contributed by atoms with van der Waals surface area (Å²) in [7, 11) is 0. The summed E-state index contributed by atoms with van der Waals surface area (Å²) in [4.78, 5) is 0. The van der Waals surface area contributed by atoms with Crippen molar-refractivity contribution >= 4 is 15.9 Å². The minimum Gasteiger partial charge on any atom is -0.271 e. The van der Waals surface area contributed by atoms with Crippen LogP contribution in [0.3, 0.4) is 0 Å². The Morgan fingerprint density at radius 3 is 2.58 bits per heavy atom. The fourth-order valence-electron chi connectivity index (χ4n) is 2.16. The maximum atomic E-state index is 14.2. The first-order chi connectivity index (χ1) is 9.04. The Morgan fingerprint density at radius 2 is 1.89 bits per heavy atom. The van der Waals surface area contributed by atoms with E-state index in [-0.39, 0.29) is 11.9 Å². The number of rotatable bonds is 3. The summed E-state index contributed by atoms with van der Waals surface area (Å²) in [6.07, 6.45) is 0. The Bertz CT molecular complexity index is 597. The largest absolute Gasteiger partial charge is 0.271 e. The molecule has 0 aliphatic carbocycles. The minimum absolute atomic E-state index is 0.286. The average Bonchev–Trinajstić information content (AvgIpc) is 2.39. The second-order valence-corrected chi connectivity index (χ2v) is 5.46. The van der Waals surface area contributed by atoms with Gasteiger partial charge in [-0.05, 0) is 47.0 Å². The van der Waals surface area contributed by atoms with Gasteiger partial charge in [-0.15, -0.1) is 0 Å². The van der Waals surface area contributed by atoms with Gasteiger partial charge in [-0.25, -0.2) is 9.82 Å². The zero-order chi connectivity index (χ0) is 14.0. The van der Waals surface area contributed by atoms with Crippen LogP contribution in [-0.4, -0.2) is 0 Å². The van der Waals surface area contributed by atoms with Crippen LogP contribution in [0.4, 0.5) is 4.39 Å². The average molecular weight is 323 g/mol. The number of nitrogens with one attached hydrogen (secondary N) is 1. The number of halogens is 2. The van der Waals surface area contributed by atoms with Crippen LogP contribution in [0, 0.1) is 19.7 Å². The number of nitrogens with two attached hydrogens (primary N) is 1. The molecule has 2 rings (SSSR count). The van der Waals surface area contributed by atoms with Crippen molar-refractivity contribution in [1.29, 1.82) is 0 Å². The fourth-order valence-corrected chi connectivity index (χ4v) is 2.54. The van der Waals surface area contributed by atoms with Gasteiger partial charge in [0.15, 0.2) is 0 Å². The quantitative estimate of drug-likeness (QED) is 0.667. The van der Waals surface area contributed by atoms with E-state index in [1.54, 1.807) is 18.2 Å². The third-order valence-electron chi connectivity index (χ3n) is 3.20. The lowest BCUT2D eigenvalue weighted by Crippen LogP contribution is -2.30. The Hall–Kier alpha value is -1.23. The van der Waals surface area contributed by atoms with E-state index in [1.165, 1.54) is 0 Å². The van der Waals surface area contributed by atoms with E-state index in [9.17, 15) is 4.39 Å². The number of hydrazine groups is 1. The van der Waals surface area contributed by atoms with E-state index >= 15 is 0 Å². The van der Waals surface area contributed by atoms with E-state index < -0.39 is 0 Å². The number of hydrogen-bond acceptors (Lipinski definition) is 2. The predicted molar refractivity (Wildman–Crippen MR) is 79.2 cm³/mol. The van der Waals surface area contributed by atoms with Crippen molar-refractivity contribution in [2.75, 3.05) is 0 Å². The summed E-state index contributed by atoms with van der Waals surface area (Å²) in [5, 5.41) is 0. The van der Waals surface area contributed by atoms with Gasteiger partial charge < -0.3 is 0 Å². The zero-order valence-corrected chi connectivity index (χ0v) is 12.5. The summed E-state index contributed by atoms with van der Waals surface area (Å²) < 4.78 is 14.7. The van der Waals surface area contributed by atoms with Crippen molar-refractivity contribution in [1.82, 2.24) is 5.43 Å². The monoisotopic (exact) mass is 322 g/mol. The molecule has 0 saturated carbocycles. The van der Waals surface area contributed by atoms with Crippen molar-refractivity contribution in [2.24, 2.45) is 5.84 Å². The summed E-state index contributed by atoms with van der Waals surface area (Å²) in [6.45, 7) is 4.00. The highest BCUT2D eigenvalue weighted by Gasteiger charge is 2.19. The molecule has 0 aliphatic heterocycles. The van der Waals surface area contributed by atoms with Crippen LogP contribution in [0.5, 0.6) is 0 Å². The molecule has 2 nitrogen and oxygen atoms in total. The first-order valence-electron chi connectivity index (χ1n) is 6.01. The molecule has 0 heterocycles. The molecular formula is C15H16BrFN2. The second kappa shape index (κ2) is 5.82. The minimum atomic E-state index is -0.364. The molecule has 1 atom stereocenters. The SMILES string of the molecule is Cc1ccc(C)c(C(NN)c2cccc(Br)c2F)c1. The molecule has 0 amide bonds. The van der Waals surface area contributed by atoms with Gasteiger partial charge in [0.2, 0.25) is 0 Å². The summed E-state index contributed by atoms with van der Waals surface area (Å²) >= 11 is 3.21. The molecule has 0 aromatic heterocycles. The van der Waals surface area contributed by atoms with Gasteiger partial charge in [-0.1, -0.05) is 35.9 Å². The fraction of sp³-hybridized carbons (Fsp3) is 0.200. The van der Waals surface area contributed by atoms with Crippen LogP contribution in [0.25, 0.3) is 0 Å². The highest BCUT2D eigenvalue weighted by molar-refractivity contribution is 9.10. The molecule has 0 spiro atoms. The zero-order valence-electron chi connectivity index (χ0n) is 10.9. The molecule has 2 aromatic rings. The smallest absolute Gasteiger partial charge is 0.142 e. The van der Waals surface area contributed by atoms with Gasteiger partial charge in [0.1, 0.15) is 5.82 Å². The van der Waals surface area contributed by atoms with Crippen molar-refractivity contribution in [3.05, 3.63) is 68.9 Å². The summed E-state index contributed by atoms with van der Waals surface area (Å²) in [5.74, 6) is 5.36. The van der Waals surface area contributed by atoms with Crippen LogP contribution < -0.4 is 11.3 Å². The summed E-state index contributed by atoms with van der Waals surface area (Å²) in [6, 6.07) is 10.9. The number of benzene rings is 2. The third-order valence-corrected chi connectivity index (χ3v) is 3.82. The molecule has 0 saturated heterocycles. The molecule has 100 valence electrons. The van der Waals surface area contributed by atoms with Gasteiger partial charge >= 0.3 is 0 Å². The molecule has 1 unspecified atom stereocenters. The molecule has 19 heavy (non-hydrogen) atoms. The van der Waals surface area contributed by atoms with Crippen molar-refractivity contribution in [3.8, 4) is 0 Å². The van der Waals surface area contributed by atoms with Gasteiger partial charge in [-0.2, -0.15) is 0 Å². The number of hydrogen-bond donors (Lipinski definition) is 2. The van der Waals surface area contributed by atoms with E-state index in [2.05, 4.69) is 21.4 Å². The Morgan fingerprint density at radius 1 is 1.16 bits per heavy atom. The maximum Gasteiger partial charge on any atom is 0.142 e. The van der Waals surface area contributed by atoms with Crippen LogP contribution in [0.15, 0.2) is 40.9 Å². The van der Waals surface area contributed by atoms with Crippen LogP contribution in [0.1, 0.15) is 28.3 Å². The topological polar surface area (TPSA) is 38.0 Å². The Labute approximate surface area is 120 Å². The Balaban J connectivity index is 2.56. The van der Waals surface area contributed by atoms with E-state index in [0.717, 1.165) is 16.7 Å². The first-order valence-corrected chi connectivity index (χ1v) is 6.81. The Kier molecular flexibility index (Phi) is 4.34. The van der Waals surface area contributed by atoms with E-state index in [1.807, 2.05) is 32.0 Å². The van der Waals surface area contributed by atoms with Crippen LogP contribution >= 0.6 is 15.9 Å². The second-order valence-electron chi connectivity index (χ2n) is 4.60. The lowest BCUT2D eigenvalue weighted by molar-refractivity contribution is 0.554. The van der Waals surface area contributed by atoms with Gasteiger partial charge in [0, 0.05) is 5.56 Å². The van der Waals surface area contributed by atoms with E-state index in [0.29, 0.717) is 10.0 Å². The van der Waals surface area contributed by atoms with Crippen LogP contribution in [0.2, 0.25) is 0 Å². The third kappa shape index (κ3) is 2.86. The molecule has 0 radical (unpaired) electrons. The van der Waals surface area contributed by atoms with Crippen molar-refractivity contribution < 1.29 is 4.39 Å². The van der Waals surface area contributed by atoms with Crippen molar-refractivity contribution in [2.45, 2.75) is 19.9 Å². The highest BCUT2D eigenvalue weighted by Crippen LogP contribution is 2.29. The van der Waals surface area contributed by atoms with Crippen molar-refractivity contribution in [3.63, 3.8) is 0 Å². The maximum absolute atomic E-state index is 14.2. The van der Waals surface area contributed by atoms with E-state index in [4.69, 9.17) is 5.84 Å². The standard InChI is InChI=1S/C15H16BrFN2/c1-9-6-7-10(2)12(8-9)15(19-18)11-4-3-5-13(16)14(11)17/h3-8,15,19H,18H2,1-2H3. The van der Waals surface area contributed by atoms with Crippen LogP contribution in [-0.2, 0) is 0 Å². The lowest BCUT2D eigenvalue weighted by atomic mass is 9.94. The molecule has 0 bridgehead atoms. The highest BCUT2D eigenvalue weighted by atomic mass is 79.9. The van der Waals surface area contributed by atoms with Gasteiger partial charge in [0.05, 0.1) is 10.5 Å². The lowest BCUT2D eigenvalue weighted by Gasteiger charge is -2.20. The molecule has 0 aliphatic rings. The molecular weight excluding hydrogens is 307 g/mol. The normalized spacial score (nSPS) is 12.5. The molecule has 3 N–H and O–H groups in total. The van der Waals surface area contributed by atoms with Gasteiger partial charge in [0.25, 0.3) is 0 Å². The first kappa shape index (κ1) is 14.2. The number of aryl methyl sites for hydroxylation is 2. The predicted octanol–water partition coefficient (Wildman–Crippen LogP) is 3.76. The molecule has 4 heteroatoms. The molecule has 2 aromatic carbocycles.